The Morgan fingerprint density at radius 2 is 1.79 bits per heavy atom. The molecule has 0 radical (unpaired) electrons. The Balaban J connectivity index is 0.000000649. The number of hydrogen-bond acceptors (Lipinski definition) is 7. The molecule has 162 valence electrons. The Hall–Kier alpha value is -2.06. The SMILES string of the molecule is CCCCN(S)CC(O)CNc1ccccc1C=O.CN.COc1ccccc1. The van der Waals surface area contributed by atoms with E-state index in [9.17, 15) is 9.90 Å². The van der Waals surface area contributed by atoms with E-state index in [1.807, 2.05) is 52.8 Å². The molecule has 0 fully saturated rings. The van der Waals surface area contributed by atoms with Crippen LogP contribution in [0.1, 0.15) is 30.1 Å². The molecule has 1 atom stereocenters. The van der Waals surface area contributed by atoms with Crippen LogP contribution in [0.3, 0.4) is 0 Å². The van der Waals surface area contributed by atoms with Crippen LogP contribution >= 0.6 is 12.8 Å². The van der Waals surface area contributed by atoms with Gasteiger partial charge < -0.3 is 20.9 Å². The number of methoxy groups -OCH3 is 1. The number of unbranched alkanes of at least 4 members (excludes halogenated alkanes) is 1. The molecule has 4 N–H and O–H groups in total. The zero-order chi connectivity index (χ0) is 21.9. The lowest BCUT2D eigenvalue weighted by Crippen LogP contribution is -2.31. The van der Waals surface area contributed by atoms with Crippen molar-refractivity contribution >= 4 is 24.8 Å². The van der Waals surface area contributed by atoms with Crippen molar-refractivity contribution < 1.29 is 14.6 Å². The molecular weight excluding hydrogens is 386 g/mol. The van der Waals surface area contributed by atoms with Crippen molar-refractivity contribution in [1.82, 2.24) is 4.31 Å². The summed E-state index contributed by atoms with van der Waals surface area (Å²) in [6, 6.07) is 16.9. The minimum Gasteiger partial charge on any atom is -0.497 e. The Bertz CT molecular complexity index is 644. The Morgan fingerprint density at radius 3 is 2.34 bits per heavy atom. The van der Waals surface area contributed by atoms with Crippen LogP contribution in [0.2, 0.25) is 0 Å². The van der Waals surface area contributed by atoms with E-state index in [0.717, 1.165) is 37.1 Å². The molecule has 0 saturated carbocycles. The largest absolute Gasteiger partial charge is 0.497 e. The lowest BCUT2D eigenvalue weighted by molar-refractivity contribution is 0.112. The van der Waals surface area contributed by atoms with Crippen LogP contribution in [0.25, 0.3) is 0 Å². The molecule has 1 unspecified atom stereocenters. The second-order valence-corrected chi connectivity index (χ2v) is 6.59. The molecule has 0 spiro atoms. The third-order valence-electron chi connectivity index (χ3n) is 3.79. The highest BCUT2D eigenvalue weighted by Gasteiger charge is 2.09. The Morgan fingerprint density at radius 1 is 1.17 bits per heavy atom. The number of nitrogens with zero attached hydrogens (tertiary/aromatic N) is 1. The standard InChI is InChI=1S/C14H22N2O2S.C7H8O.CH5N/c1-2-3-8-16(19)10-13(18)9-15-14-7-5-4-6-12(14)11-17;1-8-7-5-3-2-4-6-7;1-2/h4-7,11,13,15,18-19H,2-3,8-10H2,1H3;2-6H,1H3;2H2,1H3. The molecule has 0 aliphatic carbocycles. The van der Waals surface area contributed by atoms with Gasteiger partial charge in [0.25, 0.3) is 0 Å². The maximum absolute atomic E-state index is 10.8. The first kappa shape index (κ1) is 26.9. The average Bonchev–Trinajstić information content (AvgIpc) is 2.78. The van der Waals surface area contributed by atoms with Gasteiger partial charge in [-0.2, -0.15) is 0 Å². The summed E-state index contributed by atoms with van der Waals surface area (Å²) in [5.41, 5.74) is 5.85. The molecule has 0 saturated heterocycles. The van der Waals surface area contributed by atoms with Crippen molar-refractivity contribution in [3.05, 3.63) is 60.2 Å². The van der Waals surface area contributed by atoms with Crippen LogP contribution in [-0.2, 0) is 0 Å². The minimum absolute atomic E-state index is 0.397. The zero-order valence-corrected chi connectivity index (χ0v) is 18.5. The van der Waals surface area contributed by atoms with Crippen molar-refractivity contribution in [3.8, 4) is 5.75 Å². The third-order valence-corrected chi connectivity index (χ3v) is 4.15. The van der Waals surface area contributed by atoms with Crippen LogP contribution in [-0.4, -0.2) is 55.6 Å². The smallest absolute Gasteiger partial charge is 0.152 e. The molecule has 6 nitrogen and oxygen atoms in total. The number of thiol groups is 1. The lowest BCUT2D eigenvalue weighted by atomic mass is 10.2. The predicted octanol–water partition coefficient (Wildman–Crippen LogP) is 3.49. The first-order valence-electron chi connectivity index (χ1n) is 9.67. The second-order valence-electron chi connectivity index (χ2n) is 6.02. The normalized spacial score (nSPS) is 10.7. The second kappa shape index (κ2) is 18.0. The summed E-state index contributed by atoms with van der Waals surface area (Å²) < 4.78 is 6.74. The fourth-order valence-corrected chi connectivity index (χ4v) is 2.61. The Kier molecular flexibility index (Phi) is 16.7. The highest BCUT2D eigenvalue weighted by molar-refractivity contribution is 7.77. The van der Waals surface area contributed by atoms with Crippen molar-refractivity contribution in [1.29, 1.82) is 0 Å². The number of nitrogens with one attached hydrogen (secondary N) is 1. The fraction of sp³-hybridized carbons (Fsp3) is 0.409. The number of rotatable bonds is 10. The van der Waals surface area contributed by atoms with Gasteiger partial charge in [0.05, 0.1) is 13.2 Å². The van der Waals surface area contributed by atoms with E-state index in [-0.39, 0.29) is 0 Å². The van der Waals surface area contributed by atoms with Crippen LogP contribution in [0.5, 0.6) is 5.75 Å². The summed E-state index contributed by atoms with van der Waals surface area (Å²) in [7, 11) is 3.16. The van der Waals surface area contributed by atoms with Gasteiger partial charge in [-0.05, 0) is 37.7 Å². The highest BCUT2D eigenvalue weighted by atomic mass is 32.1. The number of nitrogens with two attached hydrogens (primary N) is 1. The number of para-hydroxylation sites is 2. The number of benzene rings is 2. The average molecular weight is 422 g/mol. The van der Waals surface area contributed by atoms with E-state index in [0.29, 0.717) is 18.7 Å². The van der Waals surface area contributed by atoms with Gasteiger partial charge >= 0.3 is 0 Å². The highest BCUT2D eigenvalue weighted by Crippen LogP contribution is 2.12. The van der Waals surface area contributed by atoms with E-state index < -0.39 is 6.10 Å². The first-order chi connectivity index (χ1) is 14.1. The summed E-state index contributed by atoms with van der Waals surface area (Å²) >= 11 is 4.31. The molecule has 0 bridgehead atoms. The third kappa shape index (κ3) is 12.9. The monoisotopic (exact) mass is 421 g/mol. The van der Waals surface area contributed by atoms with Gasteiger partial charge in [0.2, 0.25) is 0 Å². The van der Waals surface area contributed by atoms with Gasteiger partial charge in [-0.1, -0.05) is 56.5 Å². The van der Waals surface area contributed by atoms with Gasteiger partial charge in [-0.25, -0.2) is 0 Å². The van der Waals surface area contributed by atoms with Crippen LogP contribution in [0.15, 0.2) is 54.6 Å². The molecule has 0 aliphatic rings. The fourth-order valence-electron chi connectivity index (χ4n) is 2.28. The molecule has 29 heavy (non-hydrogen) atoms. The maximum atomic E-state index is 10.8. The van der Waals surface area contributed by atoms with E-state index in [4.69, 9.17) is 4.74 Å². The summed E-state index contributed by atoms with van der Waals surface area (Å²) in [5.74, 6) is 0.910. The first-order valence-corrected chi connectivity index (χ1v) is 10.1. The number of carbonyl (C=O) groups is 1. The molecule has 7 heteroatoms. The Labute approximate surface area is 180 Å². The van der Waals surface area contributed by atoms with Crippen molar-refractivity contribution in [2.45, 2.75) is 25.9 Å². The van der Waals surface area contributed by atoms with Gasteiger partial charge in [-0.15, -0.1) is 0 Å². The van der Waals surface area contributed by atoms with E-state index >= 15 is 0 Å². The van der Waals surface area contributed by atoms with Crippen LogP contribution in [0.4, 0.5) is 5.69 Å². The molecular formula is C22H35N3O3S. The molecule has 0 aliphatic heterocycles. The minimum atomic E-state index is -0.519. The predicted molar refractivity (Wildman–Crippen MR) is 125 cm³/mol. The van der Waals surface area contributed by atoms with Crippen molar-refractivity contribution in [2.75, 3.05) is 39.1 Å². The molecule has 0 amide bonds. The van der Waals surface area contributed by atoms with Crippen molar-refractivity contribution in [3.63, 3.8) is 0 Å². The summed E-state index contributed by atoms with van der Waals surface area (Å²) in [6.45, 7) is 3.88. The number of hydrogen-bond donors (Lipinski definition) is 4. The summed E-state index contributed by atoms with van der Waals surface area (Å²) in [5, 5.41) is 13.0. The van der Waals surface area contributed by atoms with Crippen molar-refractivity contribution in [2.24, 2.45) is 5.73 Å². The van der Waals surface area contributed by atoms with Crippen LogP contribution in [0, 0.1) is 0 Å². The number of carbonyl (C=O) groups excluding carboxylic acids is 1. The number of aliphatic hydroxyl groups excluding tert-OH is 1. The van der Waals surface area contributed by atoms with Gasteiger partial charge in [0, 0.05) is 30.9 Å². The molecule has 2 rings (SSSR count). The molecule has 2 aromatic rings. The number of aliphatic hydroxyl groups is 1. The molecule has 2 aromatic carbocycles. The van der Waals surface area contributed by atoms with E-state index in [2.05, 4.69) is 30.8 Å². The number of aldehydes is 1. The van der Waals surface area contributed by atoms with E-state index in [1.165, 1.54) is 7.05 Å². The van der Waals surface area contributed by atoms with Crippen LogP contribution < -0.4 is 15.8 Å². The number of ether oxygens (including phenoxy) is 1. The summed E-state index contributed by atoms with van der Waals surface area (Å²) in [6.07, 6.45) is 2.46. The molecule has 0 heterocycles. The molecule has 0 aromatic heterocycles. The quantitative estimate of drug-likeness (QED) is 0.347. The van der Waals surface area contributed by atoms with Gasteiger partial charge in [0.1, 0.15) is 5.75 Å². The topological polar surface area (TPSA) is 87.8 Å². The number of anilines is 1. The zero-order valence-electron chi connectivity index (χ0n) is 17.6. The maximum Gasteiger partial charge on any atom is 0.152 e. The van der Waals surface area contributed by atoms with E-state index in [1.54, 1.807) is 13.2 Å². The lowest BCUT2D eigenvalue weighted by Gasteiger charge is -2.20. The van der Waals surface area contributed by atoms with Gasteiger partial charge in [-0.3, -0.25) is 9.10 Å². The van der Waals surface area contributed by atoms with Gasteiger partial charge in [0.15, 0.2) is 6.29 Å². The summed E-state index contributed by atoms with van der Waals surface area (Å²) in [4.78, 5) is 10.8.